The summed E-state index contributed by atoms with van der Waals surface area (Å²) in [6.45, 7) is 32.2. The summed E-state index contributed by atoms with van der Waals surface area (Å²) < 4.78 is 0. The summed E-state index contributed by atoms with van der Waals surface area (Å²) in [5.74, 6) is 15.6. The maximum absolute atomic E-state index is 4.57. The van der Waals surface area contributed by atoms with Crippen LogP contribution in [-0.2, 0) is 36.8 Å². The maximum Gasteiger partial charge on any atom is 1.00 e. The molecule has 0 aromatic carbocycles. The first-order chi connectivity index (χ1) is 14.6. The van der Waals surface area contributed by atoms with E-state index in [1.807, 2.05) is 24.2 Å². The van der Waals surface area contributed by atoms with Crippen LogP contribution in [0.4, 0.5) is 0 Å². The molecule has 0 bridgehead atoms. The molecule has 190 valence electrons. The molecule has 0 spiro atoms. The van der Waals surface area contributed by atoms with Crippen molar-refractivity contribution in [2.24, 2.45) is 4.99 Å². The zero-order valence-electron chi connectivity index (χ0n) is 23.6. The number of hydrogen-bond donors (Lipinski definition) is 0. The summed E-state index contributed by atoms with van der Waals surface area (Å²) in [6.07, 6.45) is 0. The third kappa shape index (κ3) is 13.2. The van der Waals surface area contributed by atoms with Crippen LogP contribution in [0.2, 0.25) is 0 Å². The second-order valence-electron chi connectivity index (χ2n) is 9.24. The molecule has 0 saturated heterocycles. The zero-order valence-corrected chi connectivity index (χ0v) is 27.9. The Morgan fingerprint density at radius 1 is 0.576 bits per heavy atom. The Kier molecular flexibility index (Phi) is 22.4. The van der Waals surface area contributed by atoms with Crippen LogP contribution in [0.15, 0.2) is 4.99 Å². The summed E-state index contributed by atoms with van der Waals surface area (Å²) in [6, 6.07) is 0.727. The second kappa shape index (κ2) is 19.2. The standard InChI is InChI=1S/2C10H15.C8H17N2.ClH.2Ru/c2*1-6-7(2)9(4)10(5)8(6)3;1-6(2)9-8(5)10-7(3)4;;;/h2*1-5H3;6-7H,1-5H3;1H;;/q;;-1;;+1;+3/p-1. The van der Waals surface area contributed by atoms with Crippen LogP contribution >= 0.6 is 9.69 Å². The summed E-state index contributed by atoms with van der Waals surface area (Å²) in [4.78, 5) is 4.27. The van der Waals surface area contributed by atoms with Gasteiger partial charge in [-0.2, -0.15) is 0 Å². The molecule has 2 nitrogen and oxygen atoms in total. The topological polar surface area (TPSA) is 26.5 Å². The van der Waals surface area contributed by atoms with E-state index in [1.54, 1.807) is 0 Å². The molecule has 0 amide bonds. The Balaban J connectivity index is -0.000000388. The average Bonchev–Trinajstić information content (AvgIpc) is 2.99. The van der Waals surface area contributed by atoms with Gasteiger partial charge in [0.25, 0.3) is 0 Å². The number of rotatable bonds is 2. The molecule has 2 saturated carbocycles. The van der Waals surface area contributed by atoms with Gasteiger partial charge in [-0.15, -0.1) is 0 Å². The van der Waals surface area contributed by atoms with Crippen molar-refractivity contribution in [1.29, 1.82) is 0 Å². The van der Waals surface area contributed by atoms with Crippen molar-refractivity contribution in [3.63, 3.8) is 0 Å². The van der Waals surface area contributed by atoms with E-state index >= 15 is 0 Å². The molecule has 0 N–H and O–H groups in total. The van der Waals surface area contributed by atoms with Gasteiger partial charge in [0.15, 0.2) is 0 Å². The molecule has 0 unspecified atom stereocenters. The molecule has 0 aromatic heterocycles. The van der Waals surface area contributed by atoms with Crippen molar-refractivity contribution in [2.45, 2.75) is 116 Å². The third-order valence-corrected chi connectivity index (χ3v) is 6.52. The fourth-order valence-electron chi connectivity index (χ4n) is 3.59. The van der Waals surface area contributed by atoms with Gasteiger partial charge in [-0.25, -0.2) is 0 Å². The van der Waals surface area contributed by atoms with Gasteiger partial charge in [-0.05, 0) is 78.2 Å². The van der Waals surface area contributed by atoms with Crippen molar-refractivity contribution in [3.05, 3.63) is 64.5 Å². The van der Waals surface area contributed by atoms with Crippen LogP contribution < -0.4 is 0 Å². The fourth-order valence-corrected chi connectivity index (χ4v) is 3.59. The molecule has 0 atom stereocenters. The molecule has 0 aliphatic heterocycles. The molecular weight excluding hydrogens is 602 g/mol. The van der Waals surface area contributed by atoms with Crippen LogP contribution in [0.25, 0.3) is 5.32 Å². The average molecular weight is 649 g/mol. The van der Waals surface area contributed by atoms with Gasteiger partial charge in [0.1, 0.15) is 0 Å². The maximum atomic E-state index is 4.57. The predicted molar refractivity (Wildman–Crippen MR) is 142 cm³/mol. The van der Waals surface area contributed by atoms with Gasteiger partial charge in [0.2, 0.25) is 0 Å². The van der Waals surface area contributed by atoms with Gasteiger partial charge in [-0.3, -0.25) is 0 Å². The molecule has 11 radical (unpaired) electrons. The largest absolute Gasteiger partial charge is 1.00 e. The minimum Gasteiger partial charge on any atom is 1.00 e. The first kappa shape index (κ1) is 38.5. The van der Waals surface area contributed by atoms with Crippen LogP contribution in [0.1, 0.15) is 104 Å². The third-order valence-electron chi connectivity index (χ3n) is 6.52. The molecule has 2 aliphatic carbocycles. The Morgan fingerprint density at radius 2 is 0.758 bits per heavy atom. The van der Waals surface area contributed by atoms with E-state index in [-0.39, 0.29) is 19.5 Å². The van der Waals surface area contributed by atoms with Crippen molar-refractivity contribution in [1.82, 2.24) is 0 Å². The van der Waals surface area contributed by atoms with Crippen molar-refractivity contribution in [3.8, 4) is 0 Å². The Hall–Kier alpha value is 1.01. The molecule has 2 aliphatic rings. The molecule has 2 rings (SSSR count). The fraction of sp³-hybridized carbons (Fsp3) is 0.607. The SMILES string of the molecule is CC(=NC(C)C)[N-]C(C)C.C[C]1[C](C)[C](C)[C](C)[C]1C.C[C]1[C](C)[C](C)[C](C)[C]1C.[Cl][Ru+2].[Ru+]. The van der Waals surface area contributed by atoms with Gasteiger partial charge < -0.3 is 10.3 Å². The quantitative estimate of drug-likeness (QED) is 0.162. The Morgan fingerprint density at radius 3 is 0.879 bits per heavy atom. The van der Waals surface area contributed by atoms with E-state index < -0.39 is 0 Å². The molecule has 2 fully saturated rings. The molecule has 0 aromatic rings. The molecule has 33 heavy (non-hydrogen) atoms. The predicted octanol–water partition coefficient (Wildman–Crippen LogP) is 9.22. The van der Waals surface area contributed by atoms with Gasteiger partial charge >= 0.3 is 46.5 Å². The van der Waals surface area contributed by atoms with E-state index in [4.69, 9.17) is 0 Å². The molecule has 0 heterocycles. The van der Waals surface area contributed by atoms with E-state index in [0.717, 1.165) is 5.84 Å². The summed E-state index contributed by atoms with van der Waals surface area (Å²) in [5, 5.41) is 4.27. The van der Waals surface area contributed by atoms with Crippen molar-refractivity contribution in [2.75, 3.05) is 0 Å². The van der Waals surface area contributed by atoms with E-state index in [9.17, 15) is 0 Å². The van der Waals surface area contributed by atoms with E-state index in [0.29, 0.717) is 12.1 Å². The summed E-state index contributed by atoms with van der Waals surface area (Å²) in [5.41, 5.74) is 0. The Labute approximate surface area is 236 Å². The summed E-state index contributed by atoms with van der Waals surface area (Å²) in [7, 11) is 4.57. The Bertz CT molecular complexity index is 392. The van der Waals surface area contributed by atoms with Crippen LogP contribution in [0, 0.1) is 59.2 Å². The number of halogens is 1. The first-order valence-electron chi connectivity index (χ1n) is 11.4. The van der Waals surface area contributed by atoms with Crippen LogP contribution in [0.3, 0.4) is 0 Å². The minimum absolute atomic E-state index is 0. The van der Waals surface area contributed by atoms with Crippen molar-refractivity contribution < 1.29 is 36.8 Å². The number of hydrogen-bond acceptors (Lipinski definition) is 1. The minimum atomic E-state index is 0. The number of aliphatic imine (C=N–C) groups is 1. The summed E-state index contributed by atoms with van der Waals surface area (Å²) >= 11 is 1.82. The van der Waals surface area contributed by atoms with Gasteiger partial charge in [0, 0.05) is 0 Å². The zero-order chi connectivity index (χ0) is 25.9. The number of nitrogens with zero attached hydrogens (tertiary/aromatic N) is 2. The van der Waals surface area contributed by atoms with Crippen LogP contribution in [0.5, 0.6) is 0 Å². The smallest absolute Gasteiger partial charge is 1.00 e. The molecule has 5 heteroatoms. The normalized spacial score (nSPS) is 21.3. The molecular formula is C28H47ClN2Ru2+2. The van der Waals surface area contributed by atoms with E-state index in [2.05, 4.69) is 117 Å². The monoisotopic (exact) mass is 650 g/mol. The van der Waals surface area contributed by atoms with Gasteiger partial charge in [-0.1, -0.05) is 103 Å². The van der Waals surface area contributed by atoms with Crippen molar-refractivity contribution >= 4 is 15.5 Å². The van der Waals surface area contributed by atoms with Crippen LogP contribution in [-0.4, -0.2) is 17.9 Å². The second-order valence-corrected chi connectivity index (χ2v) is 9.24. The van der Waals surface area contributed by atoms with Gasteiger partial charge in [0.05, 0.1) is 0 Å². The first-order valence-corrected chi connectivity index (χ1v) is 13.6. The van der Waals surface area contributed by atoms with E-state index in [1.165, 1.54) is 59.2 Å². The number of amidine groups is 1.